The van der Waals surface area contributed by atoms with Crippen molar-refractivity contribution in [2.75, 3.05) is 38.3 Å². The monoisotopic (exact) mass is 319 g/mol. The number of ether oxygens (including phenoxy) is 2. The lowest BCUT2D eigenvalue weighted by Crippen LogP contribution is -2.36. The molecular weight excluding hydrogens is 302 g/mol. The molecule has 1 aromatic carbocycles. The Hall–Kier alpha value is -2.12. The van der Waals surface area contributed by atoms with E-state index >= 15 is 0 Å². The molecule has 1 aromatic rings. The third kappa shape index (κ3) is 3.05. The largest absolute Gasteiger partial charge is 0.496 e. The summed E-state index contributed by atoms with van der Waals surface area (Å²) in [5.74, 6) is 0.480. The van der Waals surface area contributed by atoms with Crippen molar-refractivity contribution in [3.8, 4) is 5.75 Å². The van der Waals surface area contributed by atoms with E-state index in [1.165, 1.54) is 0 Å². The van der Waals surface area contributed by atoms with Crippen molar-refractivity contribution < 1.29 is 14.3 Å². The average Bonchev–Trinajstić information content (AvgIpc) is 2.86. The van der Waals surface area contributed by atoms with E-state index in [1.807, 2.05) is 18.2 Å². The quantitative estimate of drug-likeness (QED) is 0.637. The van der Waals surface area contributed by atoms with Gasteiger partial charge >= 0.3 is 0 Å². The second kappa shape index (κ2) is 6.33. The van der Waals surface area contributed by atoms with Crippen LogP contribution < -0.4 is 20.3 Å². The minimum atomic E-state index is -0.232. The van der Waals surface area contributed by atoms with E-state index in [1.54, 1.807) is 13.2 Å². The number of hydrogen-bond donors (Lipinski definition) is 2. The Morgan fingerprint density at radius 3 is 2.73 bits per heavy atom. The molecule has 0 radical (unpaired) electrons. The maximum Gasteiger partial charge on any atom is 0.273 e. The van der Waals surface area contributed by atoms with Crippen molar-refractivity contribution in [3.63, 3.8) is 0 Å². The number of nitrogens with one attached hydrogen (secondary N) is 2. The van der Waals surface area contributed by atoms with Crippen LogP contribution in [-0.4, -0.2) is 44.4 Å². The van der Waals surface area contributed by atoms with Crippen LogP contribution >= 0.6 is 12.2 Å². The molecule has 7 heteroatoms. The first-order valence-corrected chi connectivity index (χ1v) is 7.43. The molecule has 2 aliphatic rings. The van der Waals surface area contributed by atoms with Gasteiger partial charge in [0.2, 0.25) is 0 Å². The SMILES string of the molecule is COc1cc(N2CCOCC2)ccc1/C=C1/NC(=S)NC1=O. The molecule has 116 valence electrons. The number of anilines is 1. The van der Waals surface area contributed by atoms with Crippen molar-refractivity contribution in [1.29, 1.82) is 0 Å². The van der Waals surface area contributed by atoms with Gasteiger partial charge in [-0.25, -0.2) is 0 Å². The summed E-state index contributed by atoms with van der Waals surface area (Å²) in [6.07, 6.45) is 1.73. The fourth-order valence-corrected chi connectivity index (χ4v) is 2.68. The van der Waals surface area contributed by atoms with Crippen LogP contribution in [0.25, 0.3) is 6.08 Å². The molecule has 3 rings (SSSR count). The highest BCUT2D eigenvalue weighted by atomic mass is 32.1. The van der Waals surface area contributed by atoms with E-state index in [2.05, 4.69) is 15.5 Å². The molecule has 0 aliphatic carbocycles. The first kappa shape index (κ1) is 14.8. The number of amides is 1. The van der Waals surface area contributed by atoms with Crippen LogP contribution in [0, 0.1) is 0 Å². The number of methoxy groups -OCH3 is 1. The van der Waals surface area contributed by atoms with Gasteiger partial charge in [-0.3, -0.25) is 10.1 Å². The number of carbonyl (C=O) groups is 1. The summed E-state index contributed by atoms with van der Waals surface area (Å²) in [7, 11) is 1.62. The van der Waals surface area contributed by atoms with Gasteiger partial charge in [-0.2, -0.15) is 0 Å². The minimum absolute atomic E-state index is 0.232. The number of hydrogen-bond acceptors (Lipinski definition) is 5. The molecule has 2 aliphatic heterocycles. The lowest BCUT2D eigenvalue weighted by atomic mass is 10.1. The van der Waals surface area contributed by atoms with Crippen molar-refractivity contribution >= 4 is 35.0 Å². The van der Waals surface area contributed by atoms with Crippen molar-refractivity contribution in [1.82, 2.24) is 10.6 Å². The zero-order valence-electron chi connectivity index (χ0n) is 12.2. The normalized spacial score (nSPS) is 20.0. The predicted molar refractivity (Wildman–Crippen MR) is 87.9 cm³/mol. The molecule has 2 N–H and O–H groups in total. The lowest BCUT2D eigenvalue weighted by Gasteiger charge is -2.29. The zero-order valence-corrected chi connectivity index (χ0v) is 13.0. The zero-order chi connectivity index (χ0) is 15.5. The summed E-state index contributed by atoms with van der Waals surface area (Å²) in [6, 6.07) is 5.93. The molecule has 0 saturated carbocycles. The number of nitrogens with zero attached hydrogens (tertiary/aromatic N) is 1. The molecule has 0 unspecified atom stereocenters. The first-order chi connectivity index (χ1) is 10.7. The summed E-state index contributed by atoms with van der Waals surface area (Å²) in [6.45, 7) is 3.19. The number of benzene rings is 1. The Kier molecular flexibility index (Phi) is 4.26. The molecule has 6 nitrogen and oxygen atoms in total. The van der Waals surface area contributed by atoms with E-state index < -0.39 is 0 Å². The van der Waals surface area contributed by atoms with E-state index in [-0.39, 0.29) is 5.91 Å². The second-order valence-electron chi connectivity index (χ2n) is 4.99. The fourth-order valence-electron chi connectivity index (χ4n) is 2.48. The van der Waals surface area contributed by atoms with Gasteiger partial charge in [0.25, 0.3) is 5.91 Å². The topological polar surface area (TPSA) is 62.8 Å². The Bertz CT molecular complexity index is 639. The van der Waals surface area contributed by atoms with E-state index in [0.717, 1.165) is 37.6 Å². The number of carbonyl (C=O) groups excluding carboxylic acids is 1. The molecule has 2 saturated heterocycles. The summed E-state index contributed by atoms with van der Waals surface area (Å²) in [5.41, 5.74) is 2.32. The summed E-state index contributed by atoms with van der Waals surface area (Å²) >= 11 is 4.92. The second-order valence-corrected chi connectivity index (χ2v) is 5.40. The average molecular weight is 319 g/mol. The first-order valence-electron chi connectivity index (χ1n) is 7.02. The van der Waals surface area contributed by atoms with E-state index in [0.29, 0.717) is 16.6 Å². The number of morpholine rings is 1. The number of thiocarbonyl (C=S) groups is 1. The Morgan fingerprint density at radius 1 is 1.32 bits per heavy atom. The van der Waals surface area contributed by atoms with Crippen LogP contribution in [0.2, 0.25) is 0 Å². The van der Waals surface area contributed by atoms with Crippen LogP contribution in [0.5, 0.6) is 5.75 Å². The van der Waals surface area contributed by atoms with Gasteiger partial charge in [0, 0.05) is 30.4 Å². The number of rotatable bonds is 3. The summed E-state index contributed by atoms with van der Waals surface area (Å²) < 4.78 is 10.8. The third-order valence-electron chi connectivity index (χ3n) is 3.61. The van der Waals surface area contributed by atoms with Crippen LogP contribution in [-0.2, 0) is 9.53 Å². The summed E-state index contributed by atoms with van der Waals surface area (Å²) in [5, 5.41) is 5.69. The van der Waals surface area contributed by atoms with E-state index in [9.17, 15) is 4.79 Å². The molecule has 22 heavy (non-hydrogen) atoms. The highest BCUT2D eigenvalue weighted by molar-refractivity contribution is 7.80. The van der Waals surface area contributed by atoms with Gasteiger partial charge in [0.1, 0.15) is 11.4 Å². The maximum absolute atomic E-state index is 11.7. The van der Waals surface area contributed by atoms with Crippen LogP contribution in [0.15, 0.2) is 23.9 Å². The van der Waals surface area contributed by atoms with Gasteiger partial charge in [-0.05, 0) is 30.4 Å². The maximum atomic E-state index is 11.7. The molecule has 0 spiro atoms. The van der Waals surface area contributed by atoms with Crippen LogP contribution in [0.3, 0.4) is 0 Å². The van der Waals surface area contributed by atoms with Gasteiger partial charge in [0.15, 0.2) is 5.11 Å². The molecule has 1 amide bonds. The smallest absolute Gasteiger partial charge is 0.273 e. The van der Waals surface area contributed by atoms with Gasteiger partial charge in [0.05, 0.1) is 20.3 Å². The Labute approximate surface area is 134 Å². The molecule has 2 heterocycles. The Balaban J connectivity index is 1.87. The van der Waals surface area contributed by atoms with Crippen molar-refractivity contribution in [2.24, 2.45) is 0 Å². The van der Waals surface area contributed by atoms with E-state index in [4.69, 9.17) is 21.7 Å². The van der Waals surface area contributed by atoms with Gasteiger partial charge in [-0.15, -0.1) is 0 Å². The van der Waals surface area contributed by atoms with Gasteiger partial charge in [-0.1, -0.05) is 0 Å². The molecule has 0 aromatic heterocycles. The fraction of sp³-hybridized carbons (Fsp3) is 0.333. The van der Waals surface area contributed by atoms with Gasteiger partial charge < -0.3 is 19.7 Å². The molecule has 0 atom stereocenters. The third-order valence-corrected chi connectivity index (χ3v) is 3.82. The van der Waals surface area contributed by atoms with Crippen molar-refractivity contribution in [2.45, 2.75) is 0 Å². The predicted octanol–water partition coefficient (Wildman–Crippen LogP) is 0.877. The Morgan fingerprint density at radius 2 is 2.09 bits per heavy atom. The standard InChI is InChI=1S/C15H17N3O3S/c1-20-13-9-11(18-4-6-21-7-5-18)3-2-10(13)8-12-14(19)17-15(22)16-12/h2-3,8-9H,4-7H2,1H3,(H2,16,17,19,22)/b12-8+. The van der Waals surface area contributed by atoms with Crippen LogP contribution in [0.1, 0.15) is 5.56 Å². The minimum Gasteiger partial charge on any atom is -0.496 e. The van der Waals surface area contributed by atoms with Crippen LogP contribution in [0.4, 0.5) is 5.69 Å². The van der Waals surface area contributed by atoms with Crippen molar-refractivity contribution in [3.05, 3.63) is 29.5 Å². The summed E-state index contributed by atoms with van der Waals surface area (Å²) in [4.78, 5) is 14.0. The highest BCUT2D eigenvalue weighted by Crippen LogP contribution is 2.28. The molecular formula is C15H17N3O3S. The molecule has 0 bridgehead atoms. The lowest BCUT2D eigenvalue weighted by molar-refractivity contribution is -0.115. The highest BCUT2D eigenvalue weighted by Gasteiger charge is 2.21. The molecule has 2 fully saturated rings.